The number of ketones is 1. The molecule has 0 aliphatic carbocycles. The summed E-state index contributed by atoms with van der Waals surface area (Å²) in [7, 11) is 0. The zero-order valence-electron chi connectivity index (χ0n) is 20.5. The maximum atomic E-state index is 12.5. The predicted octanol–water partition coefficient (Wildman–Crippen LogP) is 5.18. The first kappa shape index (κ1) is 27.3. The molecule has 6 nitrogen and oxygen atoms in total. The van der Waals surface area contributed by atoms with Gasteiger partial charge < -0.3 is 14.2 Å². The van der Waals surface area contributed by atoms with Crippen LogP contribution in [0.2, 0.25) is 0 Å². The Hall–Kier alpha value is -1.69. The summed E-state index contributed by atoms with van der Waals surface area (Å²) in [6, 6.07) is 0. The molecule has 1 rings (SSSR count). The molecule has 0 aromatic rings. The largest absolute Gasteiger partial charge is 0.466 e. The van der Waals surface area contributed by atoms with Crippen LogP contribution >= 0.6 is 0 Å². The van der Waals surface area contributed by atoms with E-state index in [1.54, 1.807) is 0 Å². The summed E-state index contributed by atoms with van der Waals surface area (Å²) in [5.41, 5.74) is 1.76. The number of hydrogen-bond acceptors (Lipinski definition) is 6. The minimum absolute atomic E-state index is 0.00710. The smallest absolute Gasteiger partial charge is 0.303 e. The van der Waals surface area contributed by atoms with E-state index in [0.29, 0.717) is 19.6 Å². The predicted molar refractivity (Wildman–Crippen MR) is 121 cm³/mol. The molecule has 0 aromatic carbocycles. The molecule has 2 unspecified atom stereocenters. The number of hydrogen-bond donors (Lipinski definition) is 0. The Morgan fingerprint density at radius 3 is 2.32 bits per heavy atom. The molecule has 1 saturated heterocycles. The van der Waals surface area contributed by atoms with Crippen molar-refractivity contribution < 1.29 is 28.6 Å². The lowest BCUT2D eigenvalue weighted by Crippen LogP contribution is -2.44. The van der Waals surface area contributed by atoms with Crippen molar-refractivity contribution in [1.82, 2.24) is 0 Å². The third-order valence-electron chi connectivity index (χ3n) is 6.46. The van der Waals surface area contributed by atoms with Crippen LogP contribution in [0, 0.1) is 11.8 Å². The van der Waals surface area contributed by atoms with E-state index < -0.39 is 5.60 Å². The van der Waals surface area contributed by atoms with Gasteiger partial charge in [-0.15, -0.1) is 0 Å². The molecule has 1 fully saturated rings. The van der Waals surface area contributed by atoms with E-state index in [1.807, 2.05) is 34.6 Å². The van der Waals surface area contributed by atoms with Gasteiger partial charge in [0.25, 0.3) is 0 Å². The number of Topliss-reactive ketones (excluding diaryl/α,β-unsaturated/α-hetero) is 1. The first-order valence-electron chi connectivity index (χ1n) is 11.5. The SMILES string of the molecule is CC(=O)OCCC1CC[C@@H](OC(C)=O)[C@](C)(CCCC(C)C(=O)CC(C)=C(C)C)OC1. The Bertz CT molecular complexity index is 648. The molecule has 0 N–H and O–H groups in total. The third-order valence-corrected chi connectivity index (χ3v) is 6.46. The van der Waals surface area contributed by atoms with Gasteiger partial charge >= 0.3 is 11.9 Å². The zero-order chi connectivity index (χ0) is 23.6. The summed E-state index contributed by atoms with van der Waals surface area (Å²) in [5.74, 6) is -0.0635. The van der Waals surface area contributed by atoms with Crippen LogP contribution < -0.4 is 0 Å². The Morgan fingerprint density at radius 1 is 1.06 bits per heavy atom. The van der Waals surface area contributed by atoms with E-state index >= 15 is 0 Å². The lowest BCUT2D eigenvalue weighted by Gasteiger charge is -2.35. The van der Waals surface area contributed by atoms with Crippen LogP contribution in [-0.4, -0.2) is 42.6 Å². The number of allylic oxidation sites excluding steroid dienone is 2. The van der Waals surface area contributed by atoms with Crippen molar-refractivity contribution in [3.05, 3.63) is 11.1 Å². The first-order valence-corrected chi connectivity index (χ1v) is 11.5. The van der Waals surface area contributed by atoms with Gasteiger partial charge in [0, 0.05) is 26.2 Å². The van der Waals surface area contributed by atoms with Gasteiger partial charge in [0.1, 0.15) is 17.5 Å². The maximum Gasteiger partial charge on any atom is 0.303 e. The van der Waals surface area contributed by atoms with E-state index in [9.17, 15) is 14.4 Å². The average Bonchev–Trinajstić information content (AvgIpc) is 2.81. The Balaban J connectivity index is 2.67. The lowest BCUT2D eigenvalue weighted by atomic mass is 9.86. The van der Waals surface area contributed by atoms with Crippen LogP contribution in [-0.2, 0) is 28.6 Å². The van der Waals surface area contributed by atoms with E-state index in [4.69, 9.17) is 14.2 Å². The highest BCUT2D eigenvalue weighted by molar-refractivity contribution is 5.82. The minimum atomic E-state index is -0.583. The molecule has 0 radical (unpaired) electrons. The van der Waals surface area contributed by atoms with Crippen molar-refractivity contribution in [2.45, 2.75) is 105 Å². The van der Waals surface area contributed by atoms with Crippen LogP contribution in [0.5, 0.6) is 0 Å². The van der Waals surface area contributed by atoms with E-state index in [1.165, 1.54) is 19.4 Å². The van der Waals surface area contributed by atoms with E-state index in [0.717, 1.165) is 44.1 Å². The molecule has 178 valence electrons. The van der Waals surface area contributed by atoms with Gasteiger partial charge in [-0.1, -0.05) is 18.1 Å². The van der Waals surface area contributed by atoms with Crippen LogP contribution in [0.15, 0.2) is 11.1 Å². The molecule has 4 atom stereocenters. The summed E-state index contributed by atoms with van der Waals surface area (Å²) in [4.78, 5) is 35.2. The second-order valence-electron chi connectivity index (χ2n) is 9.51. The van der Waals surface area contributed by atoms with Gasteiger partial charge in [-0.25, -0.2) is 0 Å². The fraction of sp³-hybridized carbons (Fsp3) is 0.800. The van der Waals surface area contributed by atoms with Crippen molar-refractivity contribution in [3.8, 4) is 0 Å². The highest BCUT2D eigenvalue weighted by atomic mass is 16.6. The van der Waals surface area contributed by atoms with Crippen molar-refractivity contribution in [3.63, 3.8) is 0 Å². The molecule has 0 spiro atoms. The van der Waals surface area contributed by atoms with E-state index in [2.05, 4.69) is 0 Å². The van der Waals surface area contributed by atoms with Crippen molar-refractivity contribution in [2.24, 2.45) is 11.8 Å². The normalized spacial score (nSPS) is 24.6. The molecule has 0 amide bonds. The molecule has 1 aliphatic rings. The summed E-state index contributed by atoms with van der Waals surface area (Å²) in [5, 5.41) is 0. The van der Waals surface area contributed by atoms with Crippen molar-refractivity contribution >= 4 is 17.7 Å². The molecule has 0 bridgehead atoms. The second kappa shape index (κ2) is 13.0. The van der Waals surface area contributed by atoms with Gasteiger partial charge in [-0.3, -0.25) is 14.4 Å². The molecule has 1 aliphatic heterocycles. The molecule has 0 saturated carbocycles. The number of ether oxygens (including phenoxy) is 3. The standard InChI is InChI=1S/C25H42O6/c1-17(2)19(4)15-23(28)18(3)9-8-13-25(7)24(31-21(6)27)11-10-22(16-30-25)12-14-29-20(5)26/h18,22,24H,8-16H2,1-7H3/t18?,22?,24-,25+/m1/s1. The molecule has 0 aromatic heterocycles. The highest BCUT2D eigenvalue weighted by Crippen LogP contribution is 2.35. The summed E-state index contributed by atoms with van der Waals surface area (Å²) >= 11 is 0. The maximum absolute atomic E-state index is 12.5. The van der Waals surface area contributed by atoms with Crippen LogP contribution in [0.4, 0.5) is 0 Å². The Kier molecular flexibility index (Phi) is 11.5. The van der Waals surface area contributed by atoms with Gasteiger partial charge in [0.05, 0.1) is 13.2 Å². The number of esters is 2. The minimum Gasteiger partial charge on any atom is -0.466 e. The summed E-state index contributed by atoms with van der Waals surface area (Å²) in [6.07, 6.45) is 4.84. The lowest BCUT2D eigenvalue weighted by molar-refractivity contribution is -0.169. The summed E-state index contributed by atoms with van der Waals surface area (Å²) < 4.78 is 17.0. The average molecular weight is 439 g/mol. The van der Waals surface area contributed by atoms with Gasteiger partial charge in [-0.2, -0.15) is 0 Å². The topological polar surface area (TPSA) is 78.9 Å². The Morgan fingerprint density at radius 2 is 1.74 bits per heavy atom. The van der Waals surface area contributed by atoms with Crippen LogP contribution in [0.25, 0.3) is 0 Å². The molecule has 6 heteroatoms. The summed E-state index contributed by atoms with van der Waals surface area (Å²) in [6.45, 7) is 13.8. The number of carbonyl (C=O) groups is 3. The van der Waals surface area contributed by atoms with Crippen LogP contribution in [0.1, 0.15) is 93.4 Å². The molecular formula is C25H42O6. The Labute approximate surface area is 188 Å². The van der Waals surface area contributed by atoms with E-state index in [-0.39, 0.29) is 35.7 Å². The third kappa shape index (κ3) is 9.98. The fourth-order valence-electron chi connectivity index (χ4n) is 3.92. The van der Waals surface area contributed by atoms with Gasteiger partial charge in [-0.05, 0) is 72.1 Å². The van der Waals surface area contributed by atoms with Crippen molar-refractivity contribution in [1.29, 1.82) is 0 Å². The quantitative estimate of drug-likeness (QED) is 0.327. The monoisotopic (exact) mass is 438 g/mol. The molecule has 31 heavy (non-hydrogen) atoms. The highest BCUT2D eigenvalue weighted by Gasteiger charge is 2.40. The molecular weight excluding hydrogens is 396 g/mol. The van der Waals surface area contributed by atoms with Gasteiger partial charge in [0.15, 0.2) is 0 Å². The molecule has 1 heterocycles. The van der Waals surface area contributed by atoms with Gasteiger partial charge in [0.2, 0.25) is 0 Å². The zero-order valence-corrected chi connectivity index (χ0v) is 20.5. The first-order chi connectivity index (χ1) is 14.4. The fourth-order valence-corrected chi connectivity index (χ4v) is 3.92. The number of carbonyl (C=O) groups excluding carboxylic acids is 3. The van der Waals surface area contributed by atoms with Crippen LogP contribution in [0.3, 0.4) is 0 Å². The number of rotatable bonds is 11. The second-order valence-corrected chi connectivity index (χ2v) is 9.51. The van der Waals surface area contributed by atoms with Crippen molar-refractivity contribution in [2.75, 3.05) is 13.2 Å².